The fraction of sp³-hybridized carbons (Fsp3) is 0.600. The summed E-state index contributed by atoms with van der Waals surface area (Å²) in [5, 5.41) is 0. The van der Waals surface area contributed by atoms with Gasteiger partial charge in [0.2, 0.25) is 0 Å². The molecule has 2 unspecified atom stereocenters. The van der Waals surface area contributed by atoms with Crippen LogP contribution in [0.25, 0.3) is 0 Å². The van der Waals surface area contributed by atoms with Crippen LogP contribution in [0, 0.1) is 11.7 Å². The van der Waals surface area contributed by atoms with Crippen molar-refractivity contribution in [2.75, 3.05) is 0 Å². The molecule has 1 aliphatic carbocycles. The summed E-state index contributed by atoms with van der Waals surface area (Å²) in [6.45, 7) is 0. The van der Waals surface area contributed by atoms with Crippen molar-refractivity contribution in [1.29, 1.82) is 0 Å². The highest BCUT2D eigenvalue weighted by atomic mass is 19.4. The third-order valence-corrected chi connectivity index (χ3v) is 4.56. The van der Waals surface area contributed by atoms with Crippen LogP contribution in [-0.2, 0) is 0 Å². The average Bonchev–Trinajstić information content (AvgIpc) is 2.39. The highest BCUT2D eigenvalue weighted by molar-refractivity contribution is 5.39. The lowest BCUT2D eigenvalue weighted by atomic mass is 9.72. The first kappa shape index (κ1) is 14.6. The number of benzene rings is 1. The molecule has 3 atom stereocenters. The van der Waals surface area contributed by atoms with Crippen molar-refractivity contribution in [3.63, 3.8) is 0 Å². The van der Waals surface area contributed by atoms with Crippen LogP contribution in [0.4, 0.5) is 17.6 Å². The van der Waals surface area contributed by atoms with Crippen molar-refractivity contribution in [1.82, 2.24) is 0 Å². The first-order valence-corrected chi connectivity index (χ1v) is 7.10. The van der Waals surface area contributed by atoms with E-state index in [1.165, 1.54) is 18.2 Å². The molecule has 6 heteroatoms. The van der Waals surface area contributed by atoms with Crippen LogP contribution in [0.3, 0.4) is 0 Å². The maximum atomic E-state index is 13.3. The Labute approximate surface area is 120 Å². The molecule has 0 aromatic heterocycles. The Hall–Kier alpha value is -1.30. The van der Waals surface area contributed by atoms with Gasteiger partial charge < -0.3 is 10.5 Å². The van der Waals surface area contributed by atoms with Gasteiger partial charge in [-0.3, -0.25) is 0 Å². The monoisotopic (exact) mass is 303 g/mol. The molecule has 1 aliphatic heterocycles. The molecule has 0 bridgehead atoms. The van der Waals surface area contributed by atoms with Crippen molar-refractivity contribution >= 4 is 0 Å². The van der Waals surface area contributed by atoms with E-state index in [1.807, 2.05) is 0 Å². The third kappa shape index (κ3) is 2.73. The minimum Gasteiger partial charge on any atom is -0.487 e. The Balaban J connectivity index is 1.89. The Morgan fingerprint density at radius 1 is 1.24 bits per heavy atom. The molecule has 1 fully saturated rings. The summed E-state index contributed by atoms with van der Waals surface area (Å²) in [5.41, 5.74) is 5.71. The van der Waals surface area contributed by atoms with Crippen molar-refractivity contribution < 1.29 is 22.3 Å². The summed E-state index contributed by atoms with van der Waals surface area (Å²) in [4.78, 5) is 0. The standard InChI is InChI=1S/C15H17F4NO/c16-10-3-4-13-11(6-10)12(20)8-14(21-13)5-1-2-9(7-14)15(17,18)19/h3-4,6,9,12H,1-2,5,7-8,20H2/t9?,12-,14?/m0/s1. The third-order valence-electron chi connectivity index (χ3n) is 4.56. The number of fused-ring (bicyclic) bond motifs is 1. The molecule has 1 heterocycles. The predicted molar refractivity (Wildman–Crippen MR) is 69.3 cm³/mol. The zero-order chi connectivity index (χ0) is 15.3. The van der Waals surface area contributed by atoms with Crippen LogP contribution >= 0.6 is 0 Å². The van der Waals surface area contributed by atoms with E-state index in [0.717, 1.165) is 0 Å². The van der Waals surface area contributed by atoms with E-state index in [9.17, 15) is 17.6 Å². The van der Waals surface area contributed by atoms with Crippen molar-refractivity contribution in [3.05, 3.63) is 29.6 Å². The summed E-state index contributed by atoms with van der Waals surface area (Å²) < 4.78 is 58.1. The van der Waals surface area contributed by atoms with Gasteiger partial charge in [0.05, 0.1) is 5.92 Å². The second kappa shape index (κ2) is 4.87. The molecule has 3 rings (SSSR count). The molecule has 116 valence electrons. The second-order valence-corrected chi connectivity index (χ2v) is 6.11. The molecule has 1 aromatic carbocycles. The minimum atomic E-state index is -4.20. The van der Waals surface area contributed by atoms with E-state index >= 15 is 0 Å². The van der Waals surface area contributed by atoms with Gasteiger partial charge >= 0.3 is 6.18 Å². The van der Waals surface area contributed by atoms with Gasteiger partial charge in [-0.05, 0) is 43.9 Å². The SMILES string of the molecule is N[C@H]1CC2(CCCC(C(F)(F)F)C2)Oc2ccc(F)cc21. The topological polar surface area (TPSA) is 35.2 Å². The van der Waals surface area contributed by atoms with Gasteiger partial charge in [-0.25, -0.2) is 4.39 Å². The Morgan fingerprint density at radius 2 is 2.00 bits per heavy atom. The molecule has 1 aromatic rings. The molecule has 0 saturated heterocycles. The quantitative estimate of drug-likeness (QED) is 0.732. The maximum absolute atomic E-state index is 13.3. The number of rotatable bonds is 0. The van der Waals surface area contributed by atoms with E-state index in [2.05, 4.69) is 0 Å². The smallest absolute Gasteiger partial charge is 0.391 e. The van der Waals surface area contributed by atoms with E-state index in [4.69, 9.17) is 10.5 Å². The van der Waals surface area contributed by atoms with Gasteiger partial charge in [-0.15, -0.1) is 0 Å². The summed E-state index contributed by atoms with van der Waals surface area (Å²) in [7, 11) is 0. The predicted octanol–water partition coefficient (Wildman–Crippen LogP) is 4.10. The highest BCUT2D eigenvalue weighted by Gasteiger charge is 2.50. The fourth-order valence-electron chi connectivity index (χ4n) is 3.57. The molecule has 1 spiro atoms. The molecule has 1 saturated carbocycles. The summed E-state index contributed by atoms with van der Waals surface area (Å²) >= 11 is 0. The van der Waals surface area contributed by atoms with Gasteiger partial charge in [0, 0.05) is 18.0 Å². The largest absolute Gasteiger partial charge is 0.487 e. The summed E-state index contributed by atoms with van der Waals surface area (Å²) in [6, 6.07) is 3.52. The van der Waals surface area contributed by atoms with Crippen LogP contribution in [0.15, 0.2) is 18.2 Å². The second-order valence-electron chi connectivity index (χ2n) is 6.11. The van der Waals surface area contributed by atoms with Crippen LogP contribution in [0.2, 0.25) is 0 Å². The zero-order valence-electron chi connectivity index (χ0n) is 11.4. The first-order valence-electron chi connectivity index (χ1n) is 7.10. The van der Waals surface area contributed by atoms with Gasteiger partial charge in [-0.1, -0.05) is 0 Å². The van der Waals surface area contributed by atoms with Crippen LogP contribution in [-0.4, -0.2) is 11.8 Å². The van der Waals surface area contributed by atoms with Crippen LogP contribution in [0.5, 0.6) is 5.75 Å². The number of alkyl halides is 3. The van der Waals surface area contributed by atoms with Gasteiger partial charge in [-0.2, -0.15) is 13.2 Å². The molecule has 2 nitrogen and oxygen atoms in total. The van der Waals surface area contributed by atoms with Crippen molar-refractivity contribution in [2.45, 2.75) is 49.9 Å². The molecular weight excluding hydrogens is 286 g/mol. The number of halogens is 4. The lowest BCUT2D eigenvalue weighted by Gasteiger charge is -2.46. The van der Waals surface area contributed by atoms with Gasteiger partial charge in [0.25, 0.3) is 0 Å². The number of nitrogens with two attached hydrogens (primary N) is 1. The lowest BCUT2D eigenvalue weighted by molar-refractivity contribution is -0.199. The van der Waals surface area contributed by atoms with E-state index < -0.39 is 29.6 Å². The van der Waals surface area contributed by atoms with E-state index in [1.54, 1.807) is 0 Å². The number of hydrogen-bond acceptors (Lipinski definition) is 2. The molecule has 21 heavy (non-hydrogen) atoms. The Bertz CT molecular complexity index is 545. The Kier molecular flexibility index (Phi) is 3.39. The normalized spacial score (nSPS) is 32.6. The minimum absolute atomic E-state index is 0.0684. The summed E-state index contributed by atoms with van der Waals surface area (Å²) in [5.74, 6) is -1.35. The average molecular weight is 303 g/mol. The fourth-order valence-corrected chi connectivity index (χ4v) is 3.57. The highest BCUT2D eigenvalue weighted by Crippen LogP contribution is 2.49. The molecule has 2 aliphatic rings. The molecule has 0 radical (unpaired) electrons. The number of ether oxygens (including phenoxy) is 1. The van der Waals surface area contributed by atoms with Crippen molar-refractivity contribution in [2.24, 2.45) is 11.7 Å². The first-order chi connectivity index (χ1) is 9.79. The molecular formula is C15H17F4NO. The summed E-state index contributed by atoms with van der Waals surface area (Å²) in [6.07, 6.45) is -2.81. The van der Waals surface area contributed by atoms with Gasteiger partial charge in [0.15, 0.2) is 0 Å². The van der Waals surface area contributed by atoms with Gasteiger partial charge in [0.1, 0.15) is 17.2 Å². The van der Waals surface area contributed by atoms with E-state index in [0.29, 0.717) is 30.6 Å². The Morgan fingerprint density at radius 3 is 2.71 bits per heavy atom. The zero-order valence-corrected chi connectivity index (χ0v) is 11.4. The number of hydrogen-bond donors (Lipinski definition) is 1. The lowest BCUT2D eigenvalue weighted by Crippen LogP contribution is -2.48. The maximum Gasteiger partial charge on any atom is 0.391 e. The van der Waals surface area contributed by atoms with Crippen LogP contribution in [0.1, 0.15) is 43.7 Å². The van der Waals surface area contributed by atoms with Crippen LogP contribution < -0.4 is 10.5 Å². The molecule has 0 amide bonds. The molecule has 2 N–H and O–H groups in total. The van der Waals surface area contributed by atoms with Crippen molar-refractivity contribution in [3.8, 4) is 5.75 Å². The van der Waals surface area contributed by atoms with E-state index in [-0.39, 0.29) is 12.8 Å².